The van der Waals surface area contributed by atoms with Crippen LogP contribution in [0.4, 0.5) is 0 Å². The van der Waals surface area contributed by atoms with E-state index in [4.69, 9.17) is 14.7 Å². The maximum Gasteiger partial charge on any atom is 0.328 e. The summed E-state index contributed by atoms with van der Waals surface area (Å²) in [5, 5.41) is 8.98. The van der Waals surface area contributed by atoms with E-state index in [0.29, 0.717) is 36.5 Å². The normalized spacial score (nSPS) is 10.7. The molecule has 0 fully saturated rings. The Kier molecular flexibility index (Phi) is 4.54. The number of nitriles is 1. The molecule has 3 aromatic rings. The quantitative estimate of drug-likeness (QED) is 0.679. The third kappa shape index (κ3) is 3.26. The monoisotopic (exact) mass is 325 g/mol. The Morgan fingerprint density at radius 2 is 2.25 bits per heavy atom. The highest BCUT2D eigenvalue weighted by atomic mass is 16.5. The number of aromatic nitrogens is 4. The molecular weight excluding hydrogens is 310 g/mol. The number of nitrogens with zero attached hydrogens (tertiary/aromatic N) is 4. The highest BCUT2D eigenvalue weighted by molar-refractivity contribution is 5.69. The van der Waals surface area contributed by atoms with Crippen molar-refractivity contribution in [3.63, 3.8) is 0 Å². The number of ether oxygens (including phenoxy) is 2. The predicted octanol–water partition coefficient (Wildman–Crippen LogP) is 1.06. The molecule has 0 aliphatic heterocycles. The van der Waals surface area contributed by atoms with Crippen molar-refractivity contribution in [2.45, 2.75) is 6.54 Å². The van der Waals surface area contributed by atoms with Gasteiger partial charge in [-0.1, -0.05) is 12.1 Å². The molecule has 0 aliphatic rings. The van der Waals surface area contributed by atoms with Crippen LogP contribution in [-0.4, -0.2) is 39.8 Å². The Bertz CT molecular complexity index is 954. The smallest absolute Gasteiger partial charge is 0.328 e. The van der Waals surface area contributed by atoms with Crippen molar-refractivity contribution in [1.29, 1.82) is 5.26 Å². The summed E-state index contributed by atoms with van der Waals surface area (Å²) in [6, 6.07) is 9.35. The van der Waals surface area contributed by atoms with Gasteiger partial charge in [-0.15, -0.1) is 0 Å². The van der Waals surface area contributed by atoms with Crippen LogP contribution in [0.1, 0.15) is 11.1 Å². The summed E-state index contributed by atoms with van der Waals surface area (Å²) in [5.41, 5.74) is 2.05. The minimum Gasteiger partial charge on any atom is -0.461 e. The van der Waals surface area contributed by atoms with Gasteiger partial charge in [-0.05, 0) is 17.7 Å². The van der Waals surface area contributed by atoms with Crippen molar-refractivity contribution in [3.8, 4) is 12.1 Å². The number of methoxy groups -OCH3 is 1. The first-order valence-corrected chi connectivity index (χ1v) is 7.27. The maximum absolute atomic E-state index is 12.2. The minimum absolute atomic E-state index is 0.179. The molecule has 0 bridgehead atoms. The van der Waals surface area contributed by atoms with E-state index < -0.39 is 0 Å². The van der Waals surface area contributed by atoms with Gasteiger partial charge >= 0.3 is 11.7 Å². The molecule has 8 heteroatoms. The number of aromatic amines is 1. The fraction of sp³-hybridized carbons (Fsp3) is 0.250. The van der Waals surface area contributed by atoms with Crippen LogP contribution in [0, 0.1) is 11.3 Å². The number of imidazole rings is 1. The van der Waals surface area contributed by atoms with Crippen LogP contribution >= 0.6 is 0 Å². The van der Waals surface area contributed by atoms with Crippen LogP contribution in [0.5, 0.6) is 6.01 Å². The average Bonchev–Trinajstić information content (AvgIpc) is 2.91. The van der Waals surface area contributed by atoms with Crippen molar-refractivity contribution >= 4 is 11.2 Å². The predicted molar refractivity (Wildman–Crippen MR) is 85.8 cm³/mol. The highest BCUT2D eigenvalue weighted by Crippen LogP contribution is 2.13. The van der Waals surface area contributed by atoms with Crippen molar-refractivity contribution in [3.05, 3.63) is 52.1 Å². The lowest BCUT2D eigenvalue weighted by Gasteiger charge is -2.05. The lowest BCUT2D eigenvalue weighted by Crippen LogP contribution is -2.18. The number of nitrogens with one attached hydrogen (secondary N) is 1. The van der Waals surface area contributed by atoms with E-state index in [1.54, 1.807) is 25.3 Å². The van der Waals surface area contributed by atoms with E-state index in [1.165, 1.54) is 10.8 Å². The van der Waals surface area contributed by atoms with Crippen molar-refractivity contribution < 1.29 is 9.47 Å². The number of fused-ring (bicyclic) bond motifs is 1. The molecule has 1 N–H and O–H groups in total. The first-order chi connectivity index (χ1) is 11.7. The van der Waals surface area contributed by atoms with Gasteiger partial charge in [0.2, 0.25) is 0 Å². The number of hydrogen-bond acceptors (Lipinski definition) is 6. The van der Waals surface area contributed by atoms with Crippen molar-refractivity contribution in [2.24, 2.45) is 0 Å². The van der Waals surface area contributed by atoms with Crippen LogP contribution in [0.2, 0.25) is 0 Å². The number of rotatable bonds is 6. The molecule has 0 atom stereocenters. The first-order valence-electron chi connectivity index (χ1n) is 7.27. The lowest BCUT2D eigenvalue weighted by atomic mass is 10.1. The Balaban J connectivity index is 1.94. The fourth-order valence-electron chi connectivity index (χ4n) is 2.28. The van der Waals surface area contributed by atoms with Crippen LogP contribution in [-0.2, 0) is 11.3 Å². The van der Waals surface area contributed by atoms with E-state index in [2.05, 4.69) is 21.0 Å². The molecule has 0 amide bonds. The molecule has 2 heterocycles. The summed E-state index contributed by atoms with van der Waals surface area (Å²) in [6.45, 7) is 1.03. The molecule has 3 rings (SSSR count). The molecule has 0 aliphatic carbocycles. The summed E-state index contributed by atoms with van der Waals surface area (Å²) in [7, 11) is 1.58. The molecule has 122 valence electrons. The molecule has 0 saturated carbocycles. The van der Waals surface area contributed by atoms with Gasteiger partial charge in [0.25, 0.3) is 0 Å². The fourth-order valence-corrected chi connectivity index (χ4v) is 2.28. The van der Waals surface area contributed by atoms with E-state index in [0.717, 1.165) is 5.56 Å². The minimum atomic E-state index is -0.296. The van der Waals surface area contributed by atoms with E-state index in [1.807, 2.05) is 6.07 Å². The Labute approximate surface area is 137 Å². The topological polar surface area (TPSA) is 106 Å². The van der Waals surface area contributed by atoms with Crippen molar-refractivity contribution in [1.82, 2.24) is 19.5 Å². The van der Waals surface area contributed by atoms with Crippen LogP contribution < -0.4 is 10.4 Å². The highest BCUT2D eigenvalue weighted by Gasteiger charge is 2.11. The second-order valence-corrected chi connectivity index (χ2v) is 5.06. The molecule has 0 unspecified atom stereocenters. The molecule has 0 saturated heterocycles. The average molecular weight is 325 g/mol. The number of benzene rings is 1. The number of hydrogen-bond donors (Lipinski definition) is 1. The van der Waals surface area contributed by atoms with Crippen molar-refractivity contribution in [2.75, 3.05) is 20.3 Å². The second kappa shape index (κ2) is 6.93. The third-order valence-electron chi connectivity index (χ3n) is 3.40. The summed E-state index contributed by atoms with van der Waals surface area (Å²) < 4.78 is 11.8. The van der Waals surface area contributed by atoms with Crippen LogP contribution in [0.25, 0.3) is 11.2 Å². The van der Waals surface area contributed by atoms with E-state index >= 15 is 0 Å². The molecule has 24 heavy (non-hydrogen) atoms. The van der Waals surface area contributed by atoms with Gasteiger partial charge in [0.1, 0.15) is 12.1 Å². The van der Waals surface area contributed by atoms with E-state index in [9.17, 15) is 4.79 Å². The zero-order chi connectivity index (χ0) is 16.9. The van der Waals surface area contributed by atoms with Gasteiger partial charge in [-0.2, -0.15) is 10.2 Å². The standard InChI is InChI=1S/C16H15N5O3/c1-23-5-6-24-15-18-9-13-14(20-15)21(16(22)19-13)10-12-4-2-3-11(7-12)8-17/h2-4,7,9H,5-6,10H2,1H3,(H,19,22). The summed E-state index contributed by atoms with van der Waals surface area (Å²) in [6.07, 6.45) is 1.51. The third-order valence-corrected chi connectivity index (χ3v) is 3.40. The second-order valence-electron chi connectivity index (χ2n) is 5.06. The zero-order valence-corrected chi connectivity index (χ0v) is 13.0. The molecule has 8 nitrogen and oxygen atoms in total. The van der Waals surface area contributed by atoms with Gasteiger partial charge in [0, 0.05) is 7.11 Å². The van der Waals surface area contributed by atoms with Gasteiger partial charge < -0.3 is 14.5 Å². The SMILES string of the molecule is COCCOc1ncc2[nH]c(=O)n(Cc3cccc(C#N)c3)c2n1. The molecule has 0 radical (unpaired) electrons. The van der Waals surface area contributed by atoms with E-state index in [-0.39, 0.29) is 11.7 Å². The summed E-state index contributed by atoms with van der Waals surface area (Å²) in [5.74, 6) is 0. The summed E-state index contributed by atoms with van der Waals surface area (Å²) in [4.78, 5) is 23.2. The Morgan fingerprint density at radius 3 is 3.04 bits per heavy atom. The Morgan fingerprint density at radius 1 is 1.38 bits per heavy atom. The molecule has 2 aromatic heterocycles. The van der Waals surface area contributed by atoms with Gasteiger partial charge in [0.15, 0.2) is 5.65 Å². The first kappa shape index (κ1) is 15.7. The Hall–Kier alpha value is -3.18. The van der Waals surface area contributed by atoms with Crippen LogP contribution in [0.3, 0.4) is 0 Å². The van der Waals surface area contributed by atoms with Gasteiger partial charge in [-0.25, -0.2) is 9.78 Å². The maximum atomic E-state index is 12.2. The molecular formula is C16H15N5O3. The number of H-pyrrole nitrogens is 1. The van der Waals surface area contributed by atoms with Gasteiger partial charge in [0.05, 0.1) is 31.0 Å². The van der Waals surface area contributed by atoms with Crippen LogP contribution in [0.15, 0.2) is 35.3 Å². The van der Waals surface area contributed by atoms with Gasteiger partial charge in [-0.3, -0.25) is 4.57 Å². The molecule has 1 aromatic carbocycles. The zero-order valence-electron chi connectivity index (χ0n) is 13.0. The largest absolute Gasteiger partial charge is 0.461 e. The molecule has 0 spiro atoms. The lowest BCUT2D eigenvalue weighted by molar-refractivity contribution is 0.141. The summed E-state index contributed by atoms with van der Waals surface area (Å²) >= 11 is 0.